The summed E-state index contributed by atoms with van der Waals surface area (Å²) in [5, 5.41) is 0.502. The Morgan fingerprint density at radius 2 is 2.12 bits per heavy atom. The number of hydrogen-bond donors (Lipinski definition) is 0. The second-order valence-corrected chi connectivity index (χ2v) is 7.39. The fourth-order valence-electron chi connectivity index (χ4n) is 0.630. The summed E-state index contributed by atoms with van der Waals surface area (Å²) in [4.78, 5) is 10.4. The van der Waals surface area contributed by atoms with Gasteiger partial charge in [-0.05, 0) is 0 Å². The Morgan fingerprint density at radius 1 is 1.47 bits per heavy atom. The number of hydrogen-bond acceptors (Lipinski definition) is 5. The number of carbonyl (C=O) groups is 1. The van der Waals surface area contributed by atoms with E-state index >= 15 is 0 Å². The van der Waals surface area contributed by atoms with Crippen molar-refractivity contribution >= 4 is 56.0 Å². The molecular formula is C8H12Br2ClO5P. The van der Waals surface area contributed by atoms with Crippen molar-refractivity contribution < 1.29 is 23.1 Å². The molecule has 9 heteroatoms. The van der Waals surface area contributed by atoms with E-state index in [0.717, 1.165) is 6.08 Å². The highest BCUT2D eigenvalue weighted by atomic mass is 79.9. The molecule has 100 valence electrons. The van der Waals surface area contributed by atoms with Gasteiger partial charge in [0.25, 0.3) is 0 Å². The molecule has 0 heterocycles. The van der Waals surface area contributed by atoms with E-state index in [0.29, 0.717) is 5.33 Å². The lowest BCUT2D eigenvalue weighted by Gasteiger charge is -2.14. The largest absolute Gasteiger partial charge is 0.461 e. The molecule has 0 aromatic rings. The van der Waals surface area contributed by atoms with Crippen LogP contribution in [0.5, 0.6) is 0 Å². The van der Waals surface area contributed by atoms with Gasteiger partial charge in [-0.15, -0.1) is 0 Å². The number of ether oxygens (including phenoxy) is 1. The third-order valence-corrected chi connectivity index (χ3v) is 3.69. The van der Waals surface area contributed by atoms with Gasteiger partial charge < -0.3 is 4.74 Å². The first kappa shape index (κ1) is 17.6. The molecule has 5 nitrogen and oxygen atoms in total. The van der Waals surface area contributed by atoms with Crippen molar-refractivity contribution in [3.05, 3.63) is 12.7 Å². The zero-order chi connectivity index (χ0) is 13.3. The van der Waals surface area contributed by atoms with E-state index in [1.54, 1.807) is 0 Å². The first-order chi connectivity index (χ1) is 7.91. The van der Waals surface area contributed by atoms with Crippen LogP contribution >= 0.6 is 50.0 Å². The van der Waals surface area contributed by atoms with Crippen molar-refractivity contribution in [3.63, 3.8) is 0 Å². The van der Waals surface area contributed by atoms with E-state index in [-0.39, 0.29) is 24.6 Å². The normalized spacial score (nSPS) is 15.9. The Kier molecular flexibility index (Phi) is 9.87. The summed E-state index contributed by atoms with van der Waals surface area (Å²) < 4.78 is 25.8. The topological polar surface area (TPSA) is 61.8 Å². The standard InChI is InChI=1S/C8H12Br2ClO5P/c1-2-8(12)14-5-7(10)6-16-17(11,13)15-4-3-9/h2,7H,1,3-6H2. The molecule has 2 atom stereocenters. The number of rotatable bonds is 9. The van der Waals surface area contributed by atoms with Crippen molar-refractivity contribution in [1.82, 2.24) is 0 Å². The average Bonchev–Trinajstić information content (AvgIpc) is 2.31. The Morgan fingerprint density at radius 3 is 2.65 bits per heavy atom. The van der Waals surface area contributed by atoms with E-state index < -0.39 is 12.9 Å². The van der Waals surface area contributed by atoms with Gasteiger partial charge in [-0.3, -0.25) is 9.05 Å². The van der Waals surface area contributed by atoms with Gasteiger partial charge in [-0.1, -0.05) is 38.4 Å². The first-order valence-electron chi connectivity index (χ1n) is 4.49. The molecule has 0 saturated heterocycles. The van der Waals surface area contributed by atoms with Crippen LogP contribution in [0.25, 0.3) is 0 Å². The second kappa shape index (κ2) is 9.53. The van der Waals surface area contributed by atoms with Crippen LogP contribution < -0.4 is 0 Å². The van der Waals surface area contributed by atoms with E-state index in [1.165, 1.54) is 0 Å². The monoisotopic (exact) mass is 412 g/mol. The van der Waals surface area contributed by atoms with Gasteiger partial charge in [0.2, 0.25) is 0 Å². The second-order valence-electron chi connectivity index (χ2n) is 2.68. The third kappa shape index (κ3) is 10.2. The quantitative estimate of drug-likeness (QED) is 0.251. The van der Waals surface area contributed by atoms with Crippen molar-refractivity contribution in [2.45, 2.75) is 4.83 Å². The lowest BCUT2D eigenvalue weighted by Crippen LogP contribution is -2.17. The Bertz CT molecular complexity index is 302. The zero-order valence-electron chi connectivity index (χ0n) is 8.81. The van der Waals surface area contributed by atoms with Crippen molar-refractivity contribution in [2.75, 3.05) is 25.2 Å². The fraction of sp³-hybridized carbons (Fsp3) is 0.625. The molecular weight excluding hydrogens is 402 g/mol. The maximum atomic E-state index is 11.4. The molecule has 0 amide bonds. The van der Waals surface area contributed by atoms with E-state index in [2.05, 4.69) is 38.4 Å². The highest BCUT2D eigenvalue weighted by molar-refractivity contribution is 9.09. The SMILES string of the molecule is C=CC(=O)OCC(Br)COP(=O)(Cl)OCCBr. The van der Waals surface area contributed by atoms with Crippen LogP contribution in [-0.2, 0) is 23.1 Å². The molecule has 2 unspecified atom stereocenters. The molecule has 0 aliphatic rings. The fourth-order valence-corrected chi connectivity index (χ4v) is 2.63. The van der Waals surface area contributed by atoms with Gasteiger partial charge in [-0.25, -0.2) is 9.36 Å². The summed E-state index contributed by atoms with van der Waals surface area (Å²) in [6.45, 7) is -0.0903. The predicted molar refractivity (Wildman–Crippen MR) is 73.0 cm³/mol. The van der Waals surface area contributed by atoms with Gasteiger partial charge in [0.1, 0.15) is 6.61 Å². The molecule has 0 aliphatic heterocycles. The van der Waals surface area contributed by atoms with Gasteiger partial charge in [0, 0.05) is 22.6 Å². The summed E-state index contributed by atoms with van der Waals surface area (Å²) in [6.07, 6.45) is 1.05. The molecule has 0 fully saturated rings. The van der Waals surface area contributed by atoms with E-state index in [1.807, 2.05) is 0 Å². The highest BCUT2D eigenvalue weighted by Gasteiger charge is 2.22. The van der Waals surface area contributed by atoms with Gasteiger partial charge in [0.05, 0.1) is 18.0 Å². The number of esters is 1. The molecule has 0 aromatic carbocycles. The molecule has 0 N–H and O–H groups in total. The first-order valence-corrected chi connectivity index (χ1v) is 8.97. The maximum Gasteiger partial charge on any atom is 0.424 e. The summed E-state index contributed by atoms with van der Waals surface area (Å²) in [5.74, 6) is -0.543. The van der Waals surface area contributed by atoms with Gasteiger partial charge in [0.15, 0.2) is 0 Å². The van der Waals surface area contributed by atoms with E-state index in [4.69, 9.17) is 25.0 Å². The van der Waals surface area contributed by atoms with Gasteiger partial charge in [-0.2, -0.15) is 0 Å². The summed E-state index contributed by atoms with van der Waals surface area (Å²) >= 11 is 11.8. The summed E-state index contributed by atoms with van der Waals surface area (Å²) in [6, 6.07) is 0. The molecule has 0 spiro atoms. The van der Waals surface area contributed by atoms with Crippen molar-refractivity contribution in [3.8, 4) is 0 Å². The number of alkyl halides is 2. The van der Waals surface area contributed by atoms with E-state index in [9.17, 15) is 9.36 Å². The molecule has 0 aromatic heterocycles. The molecule has 0 saturated carbocycles. The predicted octanol–water partition coefficient (Wildman–Crippen LogP) is 3.25. The minimum atomic E-state index is -3.57. The Hall–Kier alpha value is 0.610. The van der Waals surface area contributed by atoms with Crippen LogP contribution in [0.15, 0.2) is 12.7 Å². The Balaban J connectivity index is 3.82. The lowest BCUT2D eigenvalue weighted by atomic mass is 10.5. The molecule has 0 rings (SSSR count). The number of carbonyl (C=O) groups excluding carboxylic acids is 1. The van der Waals surface area contributed by atoms with Crippen LogP contribution in [0, 0.1) is 0 Å². The van der Waals surface area contributed by atoms with Crippen molar-refractivity contribution in [2.24, 2.45) is 0 Å². The van der Waals surface area contributed by atoms with Crippen molar-refractivity contribution in [1.29, 1.82) is 0 Å². The van der Waals surface area contributed by atoms with Crippen LogP contribution in [0.3, 0.4) is 0 Å². The summed E-state index contributed by atoms with van der Waals surface area (Å²) in [7, 11) is 0. The minimum Gasteiger partial charge on any atom is -0.461 e. The highest BCUT2D eigenvalue weighted by Crippen LogP contribution is 2.53. The Labute approximate surface area is 121 Å². The molecule has 0 aliphatic carbocycles. The molecule has 17 heavy (non-hydrogen) atoms. The maximum absolute atomic E-state index is 11.4. The third-order valence-electron chi connectivity index (χ3n) is 1.31. The number of halogens is 3. The lowest BCUT2D eigenvalue weighted by molar-refractivity contribution is -0.137. The van der Waals surface area contributed by atoms with Gasteiger partial charge >= 0.3 is 12.9 Å². The minimum absolute atomic E-state index is 0.00646. The van der Waals surface area contributed by atoms with Crippen LogP contribution in [0.1, 0.15) is 0 Å². The smallest absolute Gasteiger partial charge is 0.424 e. The van der Waals surface area contributed by atoms with Crippen LogP contribution in [-0.4, -0.2) is 35.9 Å². The molecule has 0 radical (unpaired) electrons. The van der Waals surface area contributed by atoms with Crippen LogP contribution in [0.2, 0.25) is 0 Å². The van der Waals surface area contributed by atoms with Crippen LogP contribution in [0.4, 0.5) is 0 Å². The average molecular weight is 414 g/mol. The summed E-state index contributed by atoms with van der Waals surface area (Å²) in [5.41, 5.74) is 0. The molecule has 0 bridgehead atoms. The zero-order valence-corrected chi connectivity index (χ0v) is 13.6.